The van der Waals surface area contributed by atoms with E-state index in [1.165, 1.54) is 0 Å². The minimum absolute atomic E-state index is 0.00901. The number of hydrogen-bond acceptors (Lipinski definition) is 9. The number of H-pyrrole nitrogens is 1. The van der Waals surface area contributed by atoms with Crippen LogP contribution in [0.5, 0.6) is 0 Å². The van der Waals surface area contributed by atoms with Crippen molar-refractivity contribution in [3.8, 4) is 0 Å². The Morgan fingerprint density at radius 2 is 1.39 bits per heavy atom. The summed E-state index contributed by atoms with van der Waals surface area (Å²) in [6.45, 7) is 4.37. The van der Waals surface area contributed by atoms with Gasteiger partial charge in [-0.15, -0.1) is 0 Å². The van der Waals surface area contributed by atoms with Gasteiger partial charge in [0.05, 0.1) is 6.04 Å². The molecule has 2 aromatic rings. The molecule has 0 spiro atoms. The first-order valence-electron chi connectivity index (χ1n) is 15.7. The number of aliphatic carboxylic acids is 1. The molecule has 0 aliphatic heterocycles. The van der Waals surface area contributed by atoms with E-state index < -0.39 is 59.8 Å². The number of unbranched alkanes of at least 4 members (excludes halogenated alkanes) is 2. The number of fused-ring (bicyclic) bond motifs is 1. The zero-order valence-corrected chi connectivity index (χ0v) is 27.5. The maximum atomic E-state index is 13.4. The first kappa shape index (κ1) is 38.5. The standard InChI is InChI=1S/C31H50N8O6S/c1-18(2)26(39-27(40)21(34)10-5-7-13-32)30(43)36-23(12-6-8-14-33)28(41)38-25(17-46)29(42)37-24(31(44)45)15-19-16-35-22-11-4-3-9-20(19)22/h3-4,9,11,16,18,21,23-26,35,46H,5-8,10,12-15,17,32-34H2,1-2H3,(H,36,43)(H,37,42)(H,38,41)(H,39,40)(H,44,45)/t21-,23-,24-,25-,26-/m0/s1. The van der Waals surface area contributed by atoms with Crippen molar-refractivity contribution in [2.75, 3.05) is 18.8 Å². The highest BCUT2D eigenvalue weighted by Gasteiger charge is 2.32. The Labute approximate surface area is 275 Å². The smallest absolute Gasteiger partial charge is 0.326 e. The van der Waals surface area contributed by atoms with Crippen molar-refractivity contribution in [3.05, 3.63) is 36.0 Å². The number of para-hydroxylation sites is 1. The third-order valence-electron chi connectivity index (χ3n) is 7.66. The molecule has 2 rings (SSSR count). The Morgan fingerprint density at radius 1 is 0.804 bits per heavy atom. The Balaban J connectivity index is 2.12. The van der Waals surface area contributed by atoms with Crippen LogP contribution in [-0.2, 0) is 30.4 Å². The number of benzene rings is 1. The van der Waals surface area contributed by atoms with Gasteiger partial charge in [0.25, 0.3) is 0 Å². The normalized spacial score (nSPS) is 14.6. The average Bonchev–Trinajstić information content (AvgIpc) is 3.43. The lowest BCUT2D eigenvalue weighted by Crippen LogP contribution is -2.59. The maximum absolute atomic E-state index is 13.4. The summed E-state index contributed by atoms with van der Waals surface area (Å²) in [5, 5.41) is 21.2. The van der Waals surface area contributed by atoms with Gasteiger partial charge in [-0.2, -0.15) is 12.6 Å². The molecule has 0 aliphatic carbocycles. The van der Waals surface area contributed by atoms with Gasteiger partial charge in [0, 0.05) is 29.3 Å². The molecule has 1 aromatic heterocycles. The van der Waals surface area contributed by atoms with Crippen molar-refractivity contribution < 1.29 is 29.1 Å². The zero-order chi connectivity index (χ0) is 34.2. The Bertz CT molecular complexity index is 1300. The van der Waals surface area contributed by atoms with Crippen LogP contribution < -0.4 is 38.5 Å². The summed E-state index contributed by atoms with van der Waals surface area (Å²) in [5.74, 6) is -4.16. The van der Waals surface area contributed by atoms with Crippen LogP contribution in [0.4, 0.5) is 0 Å². The van der Waals surface area contributed by atoms with Crippen LogP contribution in [0, 0.1) is 5.92 Å². The molecule has 4 amide bonds. The number of carbonyl (C=O) groups excluding carboxylic acids is 4. The van der Waals surface area contributed by atoms with Crippen LogP contribution in [0.15, 0.2) is 30.5 Å². The van der Waals surface area contributed by atoms with Gasteiger partial charge < -0.3 is 48.6 Å². The predicted octanol–water partition coefficient (Wildman–Crippen LogP) is -0.0947. The molecule has 1 aromatic carbocycles. The summed E-state index contributed by atoms with van der Waals surface area (Å²) in [5.41, 5.74) is 18.7. The van der Waals surface area contributed by atoms with Gasteiger partial charge in [0.15, 0.2) is 0 Å². The van der Waals surface area contributed by atoms with E-state index in [1.54, 1.807) is 20.0 Å². The first-order valence-corrected chi connectivity index (χ1v) is 16.3. The number of carboxylic acid groups (broad SMARTS) is 1. The topological polar surface area (TPSA) is 248 Å². The lowest BCUT2D eigenvalue weighted by atomic mass is 10.0. The number of nitrogens with one attached hydrogen (secondary N) is 5. The lowest BCUT2D eigenvalue weighted by Gasteiger charge is -2.27. The van der Waals surface area contributed by atoms with Crippen molar-refractivity contribution in [2.24, 2.45) is 23.1 Å². The van der Waals surface area contributed by atoms with Crippen molar-refractivity contribution in [2.45, 2.75) is 89.0 Å². The second kappa shape index (κ2) is 19.8. The highest BCUT2D eigenvalue weighted by Crippen LogP contribution is 2.19. The van der Waals surface area contributed by atoms with Crippen molar-refractivity contribution in [1.29, 1.82) is 0 Å². The van der Waals surface area contributed by atoms with E-state index in [1.807, 2.05) is 24.3 Å². The van der Waals surface area contributed by atoms with Gasteiger partial charge in [-0.1, -0.05) is 38.5 Å². The molecule has 256 valence electrons. The number of hydrogen-bond donors (Lipinski definition) is 10. The second-order valence-electron chi connectivity index (χ2n) is 11.7. The number of carbonyl (C=O) groups is 5. The van der Waals surface area contributed by atoms with E-state index in [0.717, 1.165) is 17.3 Å². The molecule has 0 saturated carbocycles. The van der Waals surface area contributed by atoms with Crippen LogP contribution in [-0.4, -0.2) is 88.7 Å². The molecule has 12 N–H and O–H groups in total. The predicted molar refractivity (Wildman–Crippen MR) is 180 cm³/mol. The van der Waals surface area contributed by atoms with E-state index in [-0.39, 0.29) is 24.5 Å². The molecular formula is C31H50N8O6S. The number of nitrogens with two attached hydrogens (primary N) is 3. The average molecular weight is 663 g/mol. The second-order valence-corrected chi connectivity index (χ2v) is 12.0. The fraction of sp³-hybridized carbons (Fsp3) is 0.581. The Kier molecular flexibility index (Phi) is 16.6. The summed E-state index contributed by atoms with van der Waals surface area (Å²) >= 11 is 4.21. The molecule has 0 aliphatic rings. The molecule has 46 heavy (non-hydrogen) atoms. The molecule has 0 fully saturated rings. The number of aromatic nitrogens is 1. The van der Waals surface area contributed by atoms with E-state index >= 15 is 0 Å². The number of thiol groups is 1. The molecular weight excluding hydrogens is 612 g/mol. The fourth-order valence-corrected chi connectivity index (χ4v) is 5.17. The molecule has 15 heteroatoms. The third-order valence-corrected chi connectivity index (χ3v) is 8.03. The van der Waals surface area contributed by atoms with Crippen LogP contribution in [0.25, 0.3) is 10.9 Å². The van der Waals surface area contributed by atoms with Crippen molar-refractivity contribution >= 4 is 53.1 Å². The minimum atomic E-state index is -1.27. The largest absolute Gasteiger partial charge is 0.480 e. The van der Waals surface area contributed by atoms with Gasteiger partial charge in [-0.3, -0.25) is 19.2 Å². The summed E-state index contributed by atoms with van der Waals surface area (Å²) in [7, 11) is 0. The third kappa shape index (κ3) is 11.9. The van der Waals surface area contributed by atoms with Gasteiger partial charge in [0.1, 0.15) is 24.2 Å². The Morgan fingerprint density at radius 3 is 2.00 bits per heavy atom. The number of rotatable bonds is 21. The van der Waals surface area contributed by atoms with Gasteiger partial charge in [-0.05, 0) is 62.7 Å². The summed E-state index contributed by atoms with van der Waals surface area (Å²) in [4.78, 5) is 67.8. The molecule has 0 saturated heterocycles. The van der Waals surface area contributed by atoms with Gasteiger partial charge >= 0.3 is 5.97 Å². The first-order chi connectivity index (χ1) is 21.9. The minimum Gasteiger partial charge on any atom is -0.480 e. The van der Waals surface area contributed by atoms with Crippen molar-refractivity contribution in [3.63, 3.8) is 0 Å². The highest BCUT2D eigenvalue weighted by molar-refractivity contribution is 7.80. The highest BCUT2D eigenvalue weighted by atomic mass is 32.1. The molecule has 0 unspecified atom stereocenters. The van der Waals surface area contributed by atoms with Crippen LogP contribution in [0.1, 0.15) is 57.9 Å². The quantitative estimate of drug-likeness (QED) is 0.0633. The molecule has 0 bridgehead atoms. The van der Waals surface area contributed by atoms with Crippen LogP contribution >= 0.6 is 12.6 Å². The van der Waals surface area contributed by atoms with E-state index in [2.05, 4.69) is 38.9 Å². The summed E-state index contributed by atoms with van der Waals surface area (Å²) in [6.07, 6.45) is 4.82. The zero-order valence-electron chi connectivity index (χ0n) is 26.6. The fourth-order valence-electron chi connectivity index (χ4n) is 4.92. The monoisotopic (exact) mass is 662 g/mol. The lowest BCUT2D eigenvalue weighted by molar-refractivity contribution is -0.142. The van der Waals surface area contributed by atoms with E-state index in [9.17, 15) is 29.1 Å². The maximum Gasteiger partial charge on any atom is 0.326 e. The molecule has 5 atom stereocenters. The van der Waals surface area contributed by atoms with E-state index in [0.29, 0.717) is 44.3 Å². The Hall–Kier alpha value is -3.66. The summed E-state index contributed by atoms with van der Waals surface area (Å²) in [6, 6.07) is 2.08. The van der Waals surface area contributed by atoms with E-state index in [4.69, 9.17) is 17.2 Å². The molecule has 0 radical (unpaired) electrons. The van der Waals surface area contributed by atoms with Crippen LogP contribution in [0.2, 0.25) is 0 Å². The molecule has 14 nitrogen and oxygen atoms in total. The summed E-state index contributed by atoms with van der Waals surface area (Å²) < 4.78 is 0. The molecule has 1 heterocycles. The van der Waals surface area contributed by atoms with Crippen LogP contribution in [0.3, 0.4) is 0 Å². The van der Waals surface area contributed by atoms with Gasteiger partial charge in [0.2, 0.25) is 23.6 Å². The number of carboxylic acids is 1. The van der Waals surface area contributed by atoms with Crippen molar-refractivity contribution in [1.82, 2.24) is 26.3 Å². The van der Waals surface area contributed by atoms with Gasteiger partial charge in [-0.25, -0.2) is 4.79 Å². The number of amides is 4. The SMILES string of the molecule is CC(C)[C@H](NC(=O)[C@@H](N)CCCCN)C(=O)N[C@@H](CCCCN)C(=O)N[C@@H](CS)C(=O)N[C@@H](Cc1c[nH]c2ccccc12)C(=O)O. The number of aromatic amines is 1.